The van der Waals surface area contributed by atoms with Gasteiger partial charge in [0.2, 0.25) is 0 Å². The van der Waals surface area contributed by atoms with E-state index in [0.29, 0.717) is 0 Å². The average Bonchev–Trinajstić information content (AvgIpc) is 2.67. The van der Waals surface area contributed by atoms with Crippen LogP contribution in [0.1, 0.15) is 5.56 Å². The van der Waals surface area contributed by atoms with Crippen LogP contribution in [0.15, 0.2) is 46.9 Å². The molecule has 2 nitrogen and oxygen atoms in total. The third-order valence-electron chi connectivity index (χ3n) is 2.66. The van der Waals surface area contributed by atoms with Gasteiger partial charge in [0.25, 0.3) is 0 Å². The fraction of sp³-hybridized carbons (Fsp3) is 0.0769. The molecule has 1 heterocycles. The van der Waals surface area contributed by atoms with Gasteiger partial charge < -0.3 is 9.52 Å². The van der Waals surface area contributed by atoms with E-state index in [1.807, 2.05) is 42.5 Å². The van der Waals surface area contributed by atoms with Crippen LogP contribution in [0, 0.1) is 0 Å². The molecule has 0 unspecified atom stereocenters. The maximum absolute atomic E-state index is 9.27. The summed E-state index contributed by atoms with van der Waals surface area (Å²) in [6.45, 7) is 0.0425. The number of aliphatic hydroxyl groups is 1. The van der Waals surface area contributed by atoms with Crippen molar-refractivity contribution in [2.45, 2.75) is 6.61 Å². The second-order valence-corrected chi connectivity index (χ2v) is 3.55. The van der Waals surface area contributed by atoms with Gasteiger partial charge in [0.15, 0.2) is 0 Å². The molecule has 15 heavy (non-hydrogen) atoms. The number of aliphatic hydroxyl groups excluding tert-OH is 1. The van der Waals surface area contributed by atoms with Gasteiger partial charge in [0, 0.05) is 10.8 Å². The molecule has 3 rings (SSSR count). The highest BCUT2D eigenvalue weighted by Gasteiger charge is 2.08. The molecule has 0 saturated heterocycles. The lowest BCUT2D eigenvalue weighted by Gasteiger charge is -1.96. The van der Waals surface area contributed by atoms with E-state index in [-0.39, 0.29) is 6.61 Å². The summed E-state index contributed by atoms with van der Waals surface area (Å²) in [5, 5.41) is 11.4. The van der Waals surface area contributed by atoms with Gasteiger partial charge in [-0.05, 0) is 17.7 Å². The molecule has 0 aliphatic heterocycles. The quantitative estimate of drug-likeness (QED) is 0.651. The van der Waals surface area contributed by atoms with E-state index in [9.17, 15) is 5.11 Å². The van der Waals surface area contributed by atoms with E-state index in [1.54, 1.807) is 0 Å². The fourth-order valence-corrected chi connectivity index (χ4v) is 1.98. The molecule has 0 amide bonds. The van der Waals surface area contributed by atoms with Crippen molar-refractivity contribution in [2.75, 3.05) is 0 Å². The van der Waals surface area contributed by atoms with Gasteiger partial charge in [-0.3, -0.25) is 0 Å². The van der Waals surface area contributed by atoms with Crippen LogP contribution in [-0.2, 0) is 6.61 Å². The number of hydrogen-bond acceptors (Lipinski definition) is 2. The molecule has 0 atom stereocenters. The van der Waals surface area contributed by atoms with Gasteiger partial charge in [-0.15, -0.1) is 0 Å². The molecule has 0 radical (unpaired) electrons. The fourth-order valence-electron chi connectivity index (χ4n) is 1.98. The lowest BCUT2D eigenvalue weighted by molar-refractivity contribution is 0.283. The first kappa shape index (κ1) is 8.50. The highest BCUT2D eigenvalue weighted by atomic mass is 16.3. The Morgan fingerprint density at radius 3 is 2.60 bits per heavy atom. The van der Waals surface area contributed by atoms with E-state index in [1.165, 1.54) is 0 Å². The summed E-state index contributed by atoms with van der Waals surface area (Å²) in [5.41, 5.74) is 2.62. The van der Waals surface area contributed by atoms with Crippen LogP contribution < -0.4 is 0 Å². The van der Waals surface area contributed by atoms with E-state index in [0.717, 1.165) is 27.5 Å². The summed E-state index contributed by atoms with van der Waals surface area (Å²) in [5.74, 6) is 0. The highest BCUT2D eigenvalue weighted by molar-refractivity contribution is 6.06. The second kappa shape index (κ2) is 3.11. The molecule has 2 heteroatoms. The van der Waals surface area contributed by atoms with Gasteiger partial charge in [-0.2, -0.15) is 0 Å². The first-order valence-electron chi connectivity index (χ1n) is 4.90. The zero-order valence-electron chi connectivity index (χ0n) is 8.10. The van der Waals surface area contributed by atoms with E-state index in [2.05, 4.69) is 0 Å². The molecular weight excluding hydrogens is 188 g/mol. The van der Waals surface area contributed by atoms with Gasteiger partial charge in [-0.1, -0.05) is 30.3 Å². The summed E-state index contributed by atoms with van der Waals surface area (Å²) in [4.78, 5) is 0. The average molecular weight is 198 g/mol. The van der Waals surface area contributed by atoms with Gasteiger partial charge in [0.1, 0.15) is 11.2 Å². The minimum Gasteiger partial charge on any atom is -0.456 e. The van der Waals surface area contributed by atoms with Crippen LogP contribution in [-0.4, -0.2) is 5.11 Å². The number of rotatable bonds is 1. The molecule has 1 aromatic heterocycles. The molecule has 0 aliphatic rings. The van der Waals surface area contributed by atoms with Crippen LogP contribution in [0.2, 0.25) is 0 Å². The maximum Gasteiger partial charge on any atom is 0.135 e. The van der Waals surface area contributed by atoms with Crippen LogP contribution in [0.3, 0.4) is 0 Å². The molecule has 2 aromatic carbocycles. The Hall–Kier alpha value is -1.80. The summed E-state index contributed by atoms with van der Waals surface area (Å²) >= 11 is 0. The number of furan rings is 1. The van der Waals surface area contributed by atoms with E-state index < -0.39 is 0 Å². The molecule has 0 saturated carbocycles. The van der Waals surface area contributed by atoms with Crippen molar-refractivity contribution in [2.24, 2.45) is 0 Å². The number of benzene rings is 2. The molecule has 0 spiro atoms. The molecule has 0 bridgehead atoms. The lowest BCUT2D eigenvalue weighted by Crippen LogP contribution is -1.82. The topological polar surface area (TPSA) is 33.4 Å². The predicted octanol–water partition coefficient (Wildman–Crippen LogP) is 3.08. The van der Waals surface area contributed by atoms with Crippen molar-refractivity contribution in [3.05, 3.63) is 48.0 Å². The van der Waals surface area contributed by atoms with Gasteiger partial charge in [-0.25, -0.2) is 0 Å². The Bertz CT molecular complexity index is 623. The lowest BCUT2D eigenvalue weighted by atomic mass is 10.1. The van der Waals surface area contributed by atoms with Crippen molar-refractivity contribution in [3.8, 4) is 0 Å². The maximum atomic E-state index is 9.27. The molecule has 0 fully saturated rings. The number of fused-ring (bicyclic) bond motifs is 3. The van der Waals surface area contributed by atoms with Crippen molar-refractivity contribution in [1.29, 1.82) is 0 Å². The SMILES string of the molecule is OCc1cccc2oc3ccccc3c12. The van der Waals surface area contributed by atoms with Crippen molar-refractivity contribution >= 4 is 21.9 Å². The van der Waals surface area contributed by atoms with Crippen LogP contribution in [0.5, 0.6) is 0 Å². The largest absolute Gasteiger partial charge is 0.456 e. The predicted molar refractivity (Wildman–Crippen MR) is 59.6 cm³/mol. The van der Waals surface area contributed by atoms with Gasteiger partial charge >= 0.3 is 0 Å². The molecule has 3 aromatic rings. The van der Waals surface area contributed by atoms with Crippen LogP contribution in [0.25, 0.3) is 21.9 Å². The van der Waals surface area contributed by atoms with Crippen LogP contribution in [0.4, 0.5) is 0 Å². The Morgan fingerprint density at radius 1 is 0.933 bits per heavy atom. The van der Waals surface area contributed by atoms with Crippen molar-refractivity contribution < 1.29 is 9.52 Å². The summed E-state index contributed by atoms with van der Waals surface area (Å²) in [7, 11) is 0. The third-order valence-corrected chi connectivity index (χ3v) is 2.66. The van der Waals surface area contributed by atoms with Gasteiger partial charge in [0.05, 0.1) is 6.61 Å². The van der Waals surface area contributed by atoms with Crippen molar-refractivity contribution in [3.63, 3.8) is 0 Å². The first-order valence-corrected chi connectivity index (χ1v) is 4.90. The Kier molecular flexibility index (Phi) is 1.76. The third kappa shape index (κ3) is 1.15. The van der Waals surface area contributed by atoms with E-state index in [4.69, 9.17) is 4.42 Å². The minimum atomic E-state index is 0.0425. The van der Waals surface area contributed by atoms with Crippen molar-refractivity contribution in [1.82, 2.24) is 0 Å². The molecular formula is C13H10O2. The molecule has 74 valence electrons. The zero-order chi connectivity index (χ0) is 10.3. The standard InChI is InChI=1S/C13H10O2/c14-8-9-4-3-7-12-13(9)10-5-1-2-6-11(10)15-12/h1-7,14H,8H2. The van der Waals surface area contributed by atoms with E-state index >= 15 is 0 Å². The highest BCUT2D eigenvalue weighted by Crippen LogP contribution is 2.30. The Balaban J connectivity index is 2.56. The summed E-state index contributed by atoms with van der Waals surface area (Å²) in [6, 6.07) is 13.6. The monoisotopic (exact) mass is 198 g/mol. The number of para-hydroxylation sites is 1. The first-order chi connectivity index (χ1) is 7.40. The normalized spacial score (nSPS) is 11.3. The minimum absolute atomic E-state index is 0.0425. The Morgan fingerprint density at radius 2 is 1.73 bits per heavy atom. The molecule has 1 N–H and O–H groups in total. The molecule has 0 aliphatic carbocycles. The second-order valence-electron chi connectivity index (χ2n) is 3.55. The number of hydrogen-bond donors (Lipinski definition) is 1. The Labute approximate surface area is 86.7 Å². The smallest absolute Gasteiger partial charge is 0.135 e. The van der Waals surface area contributed by atoms with Crippen LogP contribution >= 0.6 is 0 Å². The zero-order valence-corrected chi connectivity index (χ0v) is 8.10. The summed E-state index contributed by atoms with van der Waals surface area (Å²) < 4.78 is 5.68. The summed E-state index contributed by atoms with van der Waals surface area (Å²) in [6.07, 6.45) is 0.